The summed E-state index contributed by atoms with van der Waals surface area (Å²) >= 11 is 69.7. The summed E-state index contributed by atoms with van der Waals surface area (Å²) in [5.41, 5.74) is 1.60. The fraction of sp³-hybridized carbons (Fsp3) is 0.571. The van der Waals surface area contributed by atoms with Crippen LogP contribution in [0.3, 0.4) is 0 Å². The number of alkyl halides is 12. The molecule has 0 saturated carbocycles. The number of rotatable bonds is 0. The van der Waals surface area contributed by atoms with Crippen LogP contribution >= 0.6 is 139 Å². The standard InChI is InChI=1S/C7HCl12N3/c8-4(9,10)1-2(5(11,12)13)22(7(17,18)19)21-3(20-1)6(14,15)16/h(H,20,21). The van der Waals surface area contributed by atoms with E-state index in [9.17, 15) is 0 Å². The minimum atomic E-state index is -2.21. The molecule has 1 aliphatic rings. The van der Waals surface area contributed by atoms with Gasteiger partial charge in [-0.1, -0.05) is 139 Å². The Kier molecular flexibility index (Phi) is 7.42. The number of hydrogen-bond acceptors (Lipinski definition) is 3. The van der Waals surface area contributed by atoms with E-state index in [4.69, 9.17) is 139 Å². The van der Waals surface area contributed by atoms with Gasteiger partial charge in [0.1, 0.15) is 11.4 Å². The van der Waals surface area contributed by atoms with Crippen LogP contribution in [-0.2, 0) is 0 Å². The summed E-state index contributed by atoms with van der Waals surface area (Å²) in [6.07, 6.45) is 0. The molecular formula is C7HCl12N3. The number of allylic oxidation sites excluding steroid dienone is 2. The first-order valence-corrected chi connectivity index (χ1v) is 9.17. The third-order valence-electron chi connectivity index (χ3n) is 1.95. The second kappa shape index (κ2) is 7.25. The molecule has 0 amide bonds. The lowest BCUT2D eigenvalue weighted by Crippen LogP contribution is -2.57. The predicted octanol–water partition coefficient (Wildman–Crippen LogP) is 6.85. The Hall–Kier alpha value is 2.49. The monoisotopic (exact) mass is 547 g/mol. The van der Waals surface area contributed by atoms with E-state index >= 15 is 0 Å². The topological polar surface area (TPSA) is 27.6 Å². The lowest BCUT2D eigenvalue weighted by atomic mass is 10.3. The van der Waals surface area contributed by atoms with Gasteiger partial charge in [-0.2, -0.15) is 0 Å². The Balaban J connectivity index is 3.71. The van der Waals surface area contributed by atoms with Gasteiger partial charge in [0.2, 0.25) is 11.4 Å². The number of halogens is 12. The molecule has 0 saturated heterocycles. The molecule has 0 atom stereocenters. The Morgan fingerprint density at radius 2 is 1.14 bits per heavy atom. The van der Waals surface area contributed by atoms with Gasteiger partial charge < -0.3 is 0 Å². The molecule has 1 N–H and O–H groups in total. The van der Waals surface area contributed by atoms with E-state index < -0.39 is 21.0 Å². The number of hydrazine groups is 1. The molecule has 15 heteroatoms. The van der Waals surface area contributed by atoms with Crippen molar-refractivity contribution in [3.05, 3.63) is 11.4 Å². The van der Waals surface area contributed by atoms with Gasteiger partial charge in [0.15, 0.2) is 5.84 Å². The third kappa shape index (κ3) is 5.75. The fourth-order valence-electron chi connectivity index (χ4n) is 1.23. The molecule has 0 unspecified atom stereocenters. The van der Waals surface area contributed by atoms with Crippen molar-refractivity contribution in [1.82, 2.24) is 10.4 Å². The van der Waals surface area contributed by atoms with Crippen LogP contribution in [0.1, 0.15) is 0 Å². The van der Waals surface area contributed by atoms with Gasteiger partial charge in [0.05, 0.1) is 0 Å². The van der Waals surface area contributed by atoms with Crippen molar-refractivity contribution in [3.8, 4) is 0 Å². The van der Waals surface area contributed by atoms with Gasteiger partial charge in [0.25, 0.3) is 3.92 Å². The largest absolute Gasteiger partial charge is 0.285 e. The average Bonchev–Trinajstić information content (AvgIpc) is 2.22. The first-order chi connectivity index (χ1) is 9.45. The zero-order valence-electron chi connectivity index (χ0n) is 9.43. The summed E-state index contributed by atoms with van der Waals surface area (Å²) < 4.78 is -8.67. The molecule has 0 fully saturated rings. The number of hydrogen-bond donors (Lipinski definition) is 1. The van der Waals surface area contributed by atoms with E-state index in [1.807, 2.05) is 0 Å². The van der Waals surface area contributed by atoms with Crippen LogP contribution in [0.25, 0.3) is 0 Å². The summed E-state index contributed by atoms with van der Waals surface area (Å²) in [6.45, 7) is 0. The smallest absolute Gasteiger partial charge is 0.278 e. The number of aliphatic imine (C=N–C) groups is 1. The van der Waals surface area contributed by atoms with Crippen LogP contribution in [0.2, 0.25) is 0 Å². The van der Waals surface area contributed by atoms with E-state index in [1.165, 1.54) is 0 Å². The molecule has 1 heterocycles. The molecule has 0 aromatic heterocycles. The van der Waals surface area contributed by atoms with E-state index in [1.54, 1.807) is 0 Å². The van der Waals surface area contributed by atoms with Crippen molar-refractivity contribution < 1.29 is 0 Å². The maximum absolute atomic E-state index is 5.85. The Morgan fingerprint density at radius 3 is 1.41 bits per heavy atom. The summed E-state index contributed by atoms with van der Waals surface area (Å²) in [7, 11) is 0. The molecule has 1 rings (SSSR count). The third-order valence-corrected chi connectivity index (χ3v) is 4.07. The van der Waals surface area contributed by atoms with E-state index in [0.29, 0.717) is 0 Å². The normalized spacial score (nSPS) is 18.4. The van der Waals surface area contributed by atoms with Crippen LogP contribution < -0.4 is 5.43 Å². The van der Waals surface area contributed by atoms with Crippen LogP contribution in [0.15, 0.2) is 16.4 Å². The quantitative estimate of drug-likeness (QED) is 0.263. The Bertz CT molecular complexity index is 501. The first kappa shape index (κ1) is 22.5. The molecule has 128 valence electrons. The molecule has 0 spiro atoms. The highest BCUT2D eigenvalue weighted by Crippen LogP contribution is 2.51. The molecular weight excluding hydrogens is 552 g/mol. The SMILES string of the molecule is ClC(Cl)(Cl)C1=NC(C(Cl)(Cl)Cl)=C(C(Cl)(Cl)Cl)N(C(Cl)(Cl)Cl)N1. The summed E-state index contributed by atoms with van der Waals surface area (Å²) in [5, 5.41) is 0.728. The number of amidine groups is 1. The van der Waals surface area contributed by atoms with Crippen molar-refractivity contribution in [3.63, 3.8) is 0 Å². The molecule has 0 aliphatic carbocycles. The fourth-order valence-corrected chi connectivity index (χ4v) is 2.78. The molecule has 0 bridgehead atoms. The minimum absolute atomic E-state index is 0.344. The van der Waals surface area contributed by atoms with Gasteiger partial charge in [0, 0.05) is 0 Å². The van der Waals surface area contributed by atoms with Crippen LogP contribution in [-0.4, -0.2) is 26.1 Å². The molecule has 0 radical (unpaired) electrons. The summed E-state index contributed by atoms with van der Waals surface area (Å²) in [5.74, 6) is -0.344. The van der Waals surface area contributed by atoms with Crippen molar-refractivity contribution in [2.45, 2.75) is 15.3 Å². The zero-order valence-corrected chi connectivity index (χ0v) is 18.5. The lowest BCUT2D eigenvalue weighted by molar-refractivity contribution is 0.286. The molecule has 0 aromatic carbocycles. The minimum Gasteiger partial charge on any atom is -0.278 e. The maximum Gasteiger partial charge on any atom is 0.285 e. The summed E-state index contributed by atoms with van der Waals surface area (Å²) in [6, 6.07) is 0. The van der Waals surface area contributed by atoms with Gasteiger partial charge >= 0.3 is 0 Å². The van der Waals surface area contributed by atoms with Crippen molar-refractivity contribution in [2.24, 2.45) is 4.99 Å². The summed E-state index contributed by atoms with van der Waals surface area (Å²) in [4.78, 5) is 3.86. The highest BCUT2D eigenvalue weighted by atomic mass is 35.6. The lowest BCUT2D eigenvalue weighted by Gasteiger charge is -2.42. The molecule has 0 aromatic rings. The van der Waals surface area contributed by atoms with Gasteiger partial charge in [-0.3, -0.25) is 5.43 Å². The van der Waals surface area contributed by atoms with E-state index in [0.717, 1.165) is 5.01 Å². The second-order valence-electron chi connectivity index (χ2n) is 3.57. The van der Waals surface area contributed by atoms with Crippen molar-refractivity contribution in [2.75, 3.05) is 0 Å². The van der Waals surface area contributed by atoms with E-state index in [2.05, 4.69) is 10.4 Å². The maximum atomic E-state index is 5.85. The van der Waals surface area contributed by atoms with Crippen molar-refractivity contribution >= 4 is 145 Å². The highest BCUT2D eigenvalue weighted by Gasteiger charge is 2.50. The van der Waals surface area contributed by atoms with E-state index in [-0.39, 0.29) is 11.5 Å². The number of nitrogens with zero attached hydrogens (tertiary/aromatic N) is 2. The van der Waals surface area contributed by atoms with Crippen LogP contribution in [0, 0.1) is 0 Å². The van der Waals surface area contributed by atoms with Crippen LogP contribution in [0.4, 0.5) is 0 Å². The van der Waals surface area contributed by atoms with Crippen molar-refractivity contribution in [1.29, 1.82) is 0 Å². The zero-order chi connectivity index (χ0) is 17.7. The Morgan fingerprint density at radius 1 is 0.682 bits per heavy atom. The van der Waals surface area contributed by atoms with Gasteiger partial charge in [-0.25, -0.2) is 10.0 Å². The molecule has 1 aliphatic heterocycles. The van der Waals surface area contributed by atoms with Gasteiger partial charge in [-0.15, -0.1) is 0 Å². The predicted molar refractivity (Wildman–Crippen MR) is 101 cm³/mol. The van der Waals surface area contributed by atoms with Crippen LogP contribution in [0.5, 0.6) is 0 Å². The molecule has 22 heavy (non-hydrogen) atoms. The molecule has 3 nitrogen and oxygen atoms in total. The highest BCUT2D eigenvalue weighted by molar-refractivity contribution is 6.77. The second-order valence-corrected chi connectivity index (χ2v) is 12.6. The Labute approximate surface area is 185 Å². The number of nitrogens with one attached hydrogen (secondary N) is 1. The first-order valence-electron chi connectivity index (χ1n) is 4.64. The van der Waals surface area contributed by atoms with Gasteiger partial charge in [-0.05, 0) is 0 Å². The average molecular weight is 553 g/mol.